The molecule has 28 heavy (non-hydrogen) atoms. The van der Waals surface area contributed by atoms with E-state index in [4.69, 9.17) is 0 Å². The molecule has 1 aromatic carbocycles. The number of piperidine rings is 1. The third kappa shape index (κ3) is 4.76. The quantitative estimate of drug-likeness (QED) is 0.837. The molecule has 0 atom stereocenters. The summed E-state index contributed by atoms with van der Waals surface area (Å²) in [6.45, 7) is 4.41. The molecule has 7 heteroatoms. The maximum atomic E-state index is 12.5. The van der Waals surface area contributed by atoms with Gasteiger partial charge in [0.25, 0.3) is 0 Å². The van der Waals surface area contributed by atoms with E-state index in [1.54, 1.807) is 6.33 Å². The van der Waals surface area contributed by atoms with E-state index >= 15 is 0 Å². The summed E-state index contributed by atoms with van der Waals surface area (Å²) < 4.78 is 0. The van der Waals surface area contributed by atoms with Gasteiger partial charge in [-0.05, 0) is 18.4 Å². The molecular weight excluding hydrogens is 370 g/mol. The van der Waals surface area contributed by atoms with Crippen LogP contribution in [0.2, 0.25) is 0 Å². The Labute approximate surface area is 170 Å². The lowest BCUT2D eigenvalue weighted by molar-refractivity contribution is -0.125. The fourth-order valence-corrected chi connectivity index (χ4v) is 4.68. The topological polar surface area (TPSA) is 61.4 Å². The molecule has 3 heterocycles. The summed E-state index contributed by atoms with van der Waals surface area (Å²) in [7, 11) is 0. The third-order valence-corrected chi connectivity index (χ3v) is 6.42. The number of amides is 1. The number of hydrogen-bond acceptors (Lipinski definition) is 6. The van der Waals surface area contributed by atoms with Gasteiger partial charge in [0.2, 0.25) is 5.91 Å². The first-order valence-corrected chi connectivity index (χ1v) is 11.2. The van der Waals surface area contributed by atoms with Gasteiger partial charge in [0, 0.05) is 56.2 Å². The lowest BCUT2D eigenvalue weighted by atomic mass is 9.96. The third-order valence-electron chi connectivity index (χ3n) is 5.47. The SMILES string of the molecule is O=C(NCc1ccccc1)C1CCN(c2cc(N3CCSCC3)ncn2)CC1. The second-order valence-corrected chi connectivity index (χ2v) is 8.52. The minimum absolute atomic E-state index is 0.0837. The zero-order valence-corrected chi connectivity index (χ0v) is 16.9. The first-order valence-electron chi connectivity index (χ1n) is 10.0. The number of hydrogen-bond donors (Lipinski definition) is 1. The summed E-state index contributed by atoms with van der Waals surface area (Å²) in [4.78, 5) is 26.1. The van der Waals surface area contributed by atoms with Crippen molar-refractivity contribution in [2.24, 2.45) is 5.92 Å². The first kappa shape index (κ1) is 19.1. The Morgan fingerprint density at radius 2 is 1.64 bits per heavy atom. The van der Waals surface area contributed by atoms with E-state index < -0.39 is 0 Å². The number of rotatable bonds is 5. The Bertz CT molecular complexity index is 773. The van der Waals surface area contributed by atoms with Crippen LogP contribution >= 0.6 is 11.8 Å². The van der Waals surface area contributed by atoms with Gasteiger partial charge in [0.15, 0.2) is 0 Å². The Balaban J connectivity index is 1.29. The molecule has 2 aliphatic rings. The Morgan fingerprint density at radius 3 is 2.32 bits per heavy atom. The van der Waals surface area contributed by atoms with Gasteiger partial charge >= 0.3 is 0 Å². The van der Waals surface area contributed by atoms with Crippen LogP contribution in [0.3, 0.4) is 0 Å². The molecule has 1 N–H and O–H groups in total. The van der Waals surface area contributed by atoms with Gasteiger partial charge in [-0.1, -0.05) is 30.3 Å². The lowest BCUT2D eigenvalue weighted by Crippen LogP contribution is -2.41. The number of anilines is 2. The van der Waals surface area contributed by atoms with E-state index in [2.05, 4.69) is 31.2 Å². The van der Waals surface area contributed by atoms with E-state index in [9.17, 15) is 4.79 Å². The maximum absolute atomic E-state index is 12.5. The van der Waals surface area contributed by atoms with Crippen molar-refractivity contribution in [1.82, 2.24) is 15.3 Å². The number of benzene rings is 1. The van der Waals surface area contributed by atoms with Crippen molar-refractivity contribution in [2.45, 2.75) is 19.4 Å². The van der Waals surface area contributed by atoms with Gasteiger partial charge in [-0.15, -0.1) is 0 Å². The maximum Gasteiger partial charge on any atom is 0.223 e. The summed E-state index contributed by atoms with van der Waals surface area (Å²) in [6.07, 6.45) is 3.39. The minimum atomic E-state index is 0.0837. The number of carbonyl (C=O) groups is 1. The summed E-state index contributed by atoms with van der Waals surface area (Å²) in [5, 5.41) is 3.08. The number of carbonyl (C=O) groups excluding carboxylic acids is 1. The Morgan fingerprint density at radius 1 is 1.00 bits per heavy atom. The van der Waals surface area contributed by atoms with Crippen LogP contribution in [0.5, 0.6) is 0 Å². The summed E-state index contributed by atoms with van der Waals surface area (Å²) >= 11 is 2.00. The fourth-order valence-electron chi connectivity index (χ4n) is 3.78. The number of nitrogens with zero attached hydrogens (tertiary/aromatic N) is 4. The van der Waals surface area contributed by atoms with E-state index in [0.717, 1.165) is 67.7 Å². The molecule has 2 aromatic rings. The second-order valence-electron chi connectivity index (χ2n) is 7.30. The van der Waals surface area contributed by atoms with Gasteiger partial charge < -0.3 is 15.1 Å². The molecule has 0 aliphatic carbocycles. The van der Waals surface area contributed by atoms with E-state index in [0.29, 0.717) is 6.54 Å². The Kier molecular flexibility index (Phi) is 6.31. The van der Waals surface area contributed by atoms with Crippen LogP contribution in [0.4, 0.5) is 11.6 Å². The highest BCUT2D eigenvalue weighted by Gasteiger charge is 2.26. The van der Waals surface area contributed by atoms with Crippen LogP contribution < -0.4 is 15.1 Å². The van der Waals surface area contributed by atoms with Crippen LogP contribution in [0, 0.1) is 5.92 Å². The van der Waals surface area contributed by atoms with Crippen LogP contribution in [-0.2, 0) is 11.3 Å². The van der Waals surface area contributed by atoms with Crippen molar-refractivity contribution in [2.75, 3.05) is 47.5 Å². The van der Waals surface area contributed by atoms with Gasteiger partial charge in [-0.25, -0.2) is 9.97 Å². The van der Waals surface area contributed by atoms with Gasteiger partial charge in [0.1, 0.15) is 18.0 Å². The molecule has 2 aliphatic heterocycles. The summed E-state index contributed by atoms with van der Waals surface area (Å²) in [5.74, 6) is 4.56. The minimum Gasteiger partial charge on any atom is -0.356 e. The molecule has 0 unspecified atom stereocenters. The standard InChI is InChI=1S/C21H27N5OS/c27-21(22-15-17-4-2-1-3-5-17)18-6-8-25(9-7-18)19-14-20(24-16-23-19)26-10-12-28-13-11-26/h1-5,14,16,18H,6-13,15H2,(H,22,27). The first-order chi connectivity index (χ1) is 13.8. The highest BCUT2D eigenvalue weighted by molar-refractivity contribution is 7.99. The second kappa shape index (κ2) is 9.28. The van der Waals surface area contributed by atoms with Gasteiger partial charge in [-0.3, -0.25) is 4.79 Å². The molecule has 1 amide bonds. The van der Waals surface area contributed by atoms with E-state index in [-0.39, 0.29) is 11.8 Å². The highest BCUT2D eigenvalue weighted by atomic mass is 32.2. The molecule has 0 saturated carbocycles. The molecular formula is C21H27N5OS. The fraction of sp³-hybridized carbons (Fsp3) is 0.476. The van der Waals surface area contributed by atoms with Gasteiger partial charge in [0.05, 0.1) is 0 Å². The molecule has 0 radical (unpaired) electrons. The summed E-state index contributed by atoms with van der Waals surface area (Å²) in [6, 6.07) is 12.2. The van der Waals surface area contributed by atoms with Crippen molar-refractivity contribution in [3.8, 4) is 0 Å². The molecule has 6 nitrogen and oxygen atoms in total. The predicted octanol–water partition coefficient (Wildman–Crippen LogP) is 2.56. The zero-order valence-electron chi connectivity index (χ0n) is 16.1. The zero-order chi connectivity index (χ0) is 19.2. The molecule has 4 rings (SSSR count). The molecule has 0 bridgehead atoms. The smallest absolute Gasteiger partial charge is 0.223 e. The molecule has 2 fully saturated rings. The number of nitrogens with one attached hydrogen (secondary N) is 1. The van der Waals surface area contributed by atoms with Crippen molar-refractivity contribution in [3.63, 3.8) is 0 Å². The monoisotopic (exact) mass is 397 g/mol. The largest absolute Gasteiger partial charge is 0.356 e. The molecule has 2 saturated heterocycles. The van der Waals surface area contributed by atoms with Gasteiger partial charge in [-0.2, -0.15) is 11.8 Å². The van der Waals surface area contributed by atoms with Crippen molar-refractivity contribution < 1.29 is 4.79 Å². The Hall–Kier alpha value is -2.28. The average Bonchev–Trinajstić information content (AvgIpc) is 2.79. The van der Waals surface area contributed by atoms with Crippen LogP contribution in [0.1, 0.15) is 18.4 Å². The average molecular weight is 398 g/mol. The molecule has 0 spiro atoms. The van der Waals surface area contributed by atoms with Crippen molar-refractivity contribution in [1.29, 1.82) is 0 Å². The van der Waals surface area contributed by atoms with Crippen molar-refractivity contribution >= 4 is 29.3 Å². The predicted molar refractivity (Wildman–Crippen MR) is 115 cm³/mol. The van der Waals surface area contributed by atoms with E-state index in [1.807, 2.05) is 42.1 Å². The number of thioether (sulfide) groups is 1. The molecule has 148 valence electrons. The summed E-state index contributed by atoms with van der Waals surface area (Å²) in [5.41, 5.74) is 1.14. The van der Waals surface area contributed by atoms with Crippen LogP contribution in [-0.4, -0.2) is 53.6 Å². The normalized spacial score (nSPS) is 18.1. The van der Waals surface area contributed by atoms with E-state index in [1.165, 1.54) is 0 Å². The van der Waals surface area contributed by atoms with Crippen molar-refractivity contribution in [3.05, 3.63) is 48.3 Å². The molecule has 1 aromatic heterocycles. The van der Waals surface area contributed by atoms with Crippen LogP contribution in [0.25, 0.3) is 0 Å². The number of aromatic nitrogens is 2. The highest BCUT2D eigenvalue weighted by Crippen LogP contribution is 2.25. The lowest BCUT2D eigenvalue weighted by Gasteiger charge is -2.33. The van der Waals surface area contributed by atoms with Crippen LogP contribution in [0.15, 0.2) is 42.7 Å².